The van der Waals surface area contributed by atoms with Gasteiger partial charge in [0.15, 0.2) is 11.5 Å². The van der Waals surface area contributed by atoms with E-state index in [0.29, 0.717) is 81.5 Å². The Balaban J connectivity index is 1.15. The van der Waals surface area contributed by atoms with E-state index in [0.717, 1.165) is 38.0 Å². The zero-order chi connectivity index (χ0) is 39.9. The van der Waals surface area contributed by atoms with Crippen molar-refractivity contribution in [2.24, 2.45) is 0 Å². The average molecular weight is 770 g/mol. The van der Waals surface area contributed by atoms with Crippen molar-refractivity contribution >= 4 is 17.8 Å². The lowest BCUT2D eigenvalue weighted by molar-refractivity contribution is -0.145. The molecule has 1 N–H and O–H groups in total. The molecule has 3 heterocycles. The number of hydrogen-bond acceptors (Lipinski definition) is 10. The highest BCUT2D eigenvalue weighted by molar-refractivity contribution is 5.96. The predicted octanol–water partition coefficient (Wildman–Crippen LogP) is 4.75. The van der Waals surface area contributed by atoms with Gasteiger partial charge in [-0.15, -0.1) is 0 Å². The molecule has 302 valence electrons. The Morgan fingerprint density at radius 3 is 2.02 bits per heavy atom. The first-order valence-corrected chi connectivity index (χ1v) is 19.9. The fraction of sp³-hybridized carbons (Fsp3) is 0.523. The number of benzene rings is 3. The number of ether oxygens (including phenoxy) is 4. The van der Waals surface area contributed by atoms with Crippen molar-refractivity contribution in [3.8, 4) is 17.2 Å². The van der Waals surface area contributed by atoms with Crippen molar-refractivity contribution in [1.29, 1.82) is 0 Å². The number of esters is 1. The molecule has 2 amide bonds. The summed E-state index contributed by atoms with van der Waals surface area (Å²) < 4.78 is 21.8. The predicted molar refractivity (Wildman–Crippen MR) is 215 cm³/mol. The maximum atomic E-state index is 14.3. The summed E-state index contributed by atoms with van der Waals surface area (Å²) in [4.78, 5) is 47.0. The van der Waals surface area contributed by atoms with Crippen LogP contribution in [0.4, 0.5) is 0 Å². The van der Waals surface area contributed by atoms with Crippen LogP contribution in [0, 0.1) is 13.8 Å². The van der Waals surface area contributed by atoms with Gasteiger partial charge in [-0.2, -0.15) is 0 Å². The van der Waals surface area contributed by atoms with Crippen molar-refractivity contribution in [2.75, 3.05) is 93.4 Å². The van der Waals surface area contributed by atoms with Gasteiger partial charge in [-0.1, -0.05) is 48.5 Å². The van der Waals surface area contributed by atoms with Gasteiger partial charge in [-0.3, -0.25) is 24.7 Å². The Bertz CT molecular complexity index is 1810. The SMILES string of the molecule is CCOC(=O)CN1CCN(NC(=O)C2(c3ccccc3)CCN(CCC3(c4ccc(C)c(C)c4)CCN(C(=O)c4cc(OC)c(OC)c(OC)c4)C3)CC2)CC1. The van der Waals surface area contributed by atoms with E-state index in [1.54, 1.807) is 33.5 Å². The summed E-state index contributed by atoms with van der Waals surface area (Å²) in [6.45, 7) is 13.0. The van der Waals surface area contributed by atoms with Crippen molar-refractivity contribution in [1.82, 2.24) is 25.1 Å². The van der Waals surface area contributed by atoms with E-state index in [-0.39, 0.29) is 29.7 Å². The van der Waals surface area contributed by atoms with E-state index < -0.39 is 5.41 Å². The lowest BCUT2D eigenvalue weighted by atomic mass is 9.71. The Morgan fingerprint density at radius 2 is 1.41 bits per heavy atom. The second kappa shape index (κ2) is 18.1. The van der Waals surface area contributed by atoms with E-state index >= 15 is 0 Å². The number of nitrogens with zero attached hydrogens (tertiary/aromatic N) is 4. The van der Waals surface area contributed by atoms with E-state index in [4.69, 9.17) is 18.9 Å². The van der Waals surface area contributed by atoms with Crippen LogP contribution in [0.15, 0.2) is 60.7 Å². The smallest absolute Gasteiger partial charge is 0.320 e. The van der Waals surface area contributed by atoms with Gasteiger partial charge in [-0.05, 0) is 100 Å². The van der Waals surface area contributed by atoms with Crippen LogP contribution in [-0.2, 0) is 25.2 Å². The molecule has 3 aliphatic rings. The second-order valence-electron chi connectivity index (χ2n) is 15.5. The monoisotopic (exact) mass is 769 g/mol. The van der Waals surface area contributed by atoms with Crippen LogP contribution in [-0.4, -0.2) is 131 Å². The van der Waals surface area contributed by atoms with Crippen LogP contribution >= 0.6 is 0 Å². The molecule has 12 heteroatoms. The van der Waals surface area contributed by atoms with Crippen LogP contribution in [0.25, 0.3) is 0 Å². The molecule has 12 nitrogen and oxygen atoms in total. The van der Waals surface area contributed by atoms with Gasteiger partial charge < -0.3 is 28.7 Å². The first kappa shape index (κ1) is 41.0. The minimum Gasteiger partial charge on any atom is -0.493 e. The minimum absolute atomic E-state index is 0.0329. The lowest BCUT2D eigenvalue weighted by Crippen LogP contribution is -2.59. The molecular weight excluding hydrogens is 711 g/mol. The molecule has 3 saturated heterocycles. The third-order valence-corrected chi connectivity index (χ3v) is 12.3. The van der Waals surface area contributed by atoms with Crippen LogP contribution in [0.3, 0.4) is 0 Å². The molecule has 3 aromatic rings. The molecule has 0 aliphatic carbocycles. The second-order valence-corrected chi connectivity index (χ2v) is 15.5. The number of hydrazine groups is 1. The molecule has 0 radical (unpaired) electrons. The molecule has 3 fully saturated rings. The molecule has 0 saturated carbocycles. The third-order valence-electron chi connectivity index (χ3n) is 12.3. The van der Waals surface area contributed by atoms with Gasteiger partial charge in [0.25, 0.3) is 5.91 Å². The summed E-state index contributed by atoms with van der Waals surface area (Å²) in [5.41, 5.74) is 7.70. The van der Waals surface area contributed by atoms with Crippen LogP contribution in [0.5, 0.6) is 17.2 Å². The Hall–Kier alpha value is -4.65. The summed E-state index contributed by atoms with van der Waals surface area (Å²) >= 11 is 0. The van der Waals surface area contributed by atoms with E-state index in [1.165, 1.54) is 16.7 Å². The number of rotatable bonds is 14. The fourth-order valence-corrected chi connectivity index (χ4v) is 8.68. The molecular formula is C44H59N5O7. The van der Waals surface area contributed by atoms with E-state index in [1.807, 2.05) is 35.0 Å². The topological polar surface area (TPSA) is 113 Å². The molecule has 1 unspecified atom stereocenters. The van der Waals surface area contributed by atoms with Gasteiger partial charge in [0.1, 0.15) is 0 Å². The normalized spacial score (nSPS) is 20.4. The van der Waals surface area contributed by atoms with Gasteiger partial charge >= 0.3 is 5.97 Å². The third kappa shape index (κ3) is 8.82. The quantitative estimate of drug-likeness (QED) is 0.231. The van der Waals surface area contributed by atoms with Gasteiger partial charge in [0.05, 0.1) is 39.9 Å². The summed E-state index contributed by atoms with van der Waals surface area (Å²) in [7, 11) is 4.67. The number of hydrogen-bond donors (Lipinski definition) is 1. The molecule has 3 aliphatic heterocycles. The van der Waals surface area contributed by atoms with E-state index in [2.05, 4.69) is 59.4 Å². The van der Waals surface area contributed by atoms with E-state index in [9.17, 15) is 14.4 Å². The standard InChI is InChI=1S/C44H59N5O7/c1-7-56-39(50)30-47-23-25-49(26-24-47)45-42(52)44(35-11-9-8-10-12-35)17-20-46(21-18-44)19-15-43(36-14-13-32(2)33(3)27-36)16-22-48(31-43)41(51)34-28-37(53-4)40(55-6)38(29-34)54-5/h8-14,27-29H,7,15-26,30-31H2,1-6H3,(H,45,52). The fourth-order valence-electron chi connectivity index (χ4n) is 8.68. The van der Waals surface area contributed by atoms with Crippen LogP contribution in [0.1, 0.15) is 65.2 Å². The largest absolute Gasteiger partial charge is 0.493 e. The Morgan fingerprint density at radius 1 is 0.732 bits per heavy atom. The Kier molecular flexibility index (Phi) is 13.2. The van der Waals surface area contributed by atoms with Crippen molar-refractivity contribution in [3.05, 3.63) is 88.5 Å². The number of aryl methyl sites for hydroxylation is 2. The van der Waals surface area contributed by atoms with Crippen molar-refractivity contribution in [2.45, 2.75) is 57.3 Å². The van der Waals surface area contributed by atoms with Crippen LogP contribution < -0.4 is 19.6 Å². The maximum absolute atomic E-state index is 14.3. The molecule has 0 bridgehead atoms. The average Bonchev–Trinajstić information content (AvgIpc) is 3.67. The first-order valence-electron chi connectivity index (χ1n) is 19.9. The Labute approximate surface area is 332 Å². The number of carbonyl (C=O) groups is 3. The lowest BCUT2D eigenvalue weighted by Gasteiger charge is -2.43. The van der Waals surface area contributed by atoms with Gasteiger partial charge in [0.2, 0.25) is 11.7 Å². The molecule has 0 spiro atoms. The number of nitrogens with one attached hydrogen (secondary N) is 1. The molecule has 6 rings (SSSR count). The number of piperidine rings is 1. The summed E-state index contributed by atoms with van der Waals surface area (Å²) in [5.74, 6) is 1.12. The molecule has 1 atom stereocenters. The molecule has 56 heavy (non-hydrogen) atoms. The zero-order valence-corrected chi connectivity index (χ0v) is 34.0. The van der Waals surface area contributed by atoms with Crippen molar-refractivity contribution < 1.29 is 33.3 Å². The minimum atomic E-state index is -0.650. The first-order chi connectivity index (χ1) is 27.0. The number of methoxy groups -OCH3 is 3. The highest BCUT2D eigenvalue weighted by atomic mass is 16.5. The number of piperazine rings is 1. The molecule has 3 aromatic carbocycles. The summed E-state index contributed by atoms with van der Waals surface area (Å²) in [6.07, 6.45) is 3.14. The highest BCUT2D eigenvalue weighted by Gasteiger charge is 2.46. The summed E-state index contributed by atoms with van der Waals surface area (Å²) in [6, 6.07) is 20.4. The van der Waals surface area contributed by atoms with Gasteiger partial charge in [-0.25, -0.2) is 5.01 Å². The van der Waals surface area contributed by atoms with Gasteiger partial charge in [0, 0.05) is 50.2 Å². The number of likely N-dealkylation sites (tertiary alicyclic amines) is 2. The summed E-state index contributed by atoms with van der Waals surface area (Å²) in [5, 5.41) is 2.00. The number of carbonyl (C=O) groups excluding carboxylic acids is 3. The highest BCUT2D eigenvalue weighted by Crippen LogP contribution is 2.43. The van der Waals surface area contributed by atoms with Crippen LogP contribution in [0.2, 0.25) is 0 Å². The molecule has 0 aromatic heterocycles. The number of amides is 2. The maximum Gasteiger partial charge on any atom is 0.320 e. The zero-order valence-electron chi connectivity index (χ0n) is 34.0. The van der Waals surface area contributed by atoms with Crippen molar-refractivity contribution in [3.63, 3.8) is 0 Å².